The Morgan fingerprint density at radius 1 is 0.745 bits per heavy atom. The zero-order valence-electron chi connectivity index (χ0n) is 30.1. The Morgan fingerprint density at radius 3 is 2.25 bits per heavy atom. The zero-order chi connectivity index (χ0) is 35.3. The molecule has 0 saturated carbocycles. The first-order valence-electron chi connectivity index (χ1n) is 18.4. The van der Waals surface area contributed by atoms with E-state index in [4.69, 9.17) is 5.73 Å². The number of benzene rings is 5. The summed E-state index contributed by atoms with van der Waals surface area (Å²) in [5.74, 6) is 0.415. The number of aryl methyl sites for hydroxylation is 1. The molecule has 0 radical (unpaired) electrons. The maximum absolute atomic E-state index is 7.08. The first-order chi connectivity index (χ1) is 24.9. The van der Waals surface area contributed by atoms with Crippen molar-refractivity contribution in [3.05, 3.63) is 203 Å². The van der Waals surface area contributed by atoms with E-state index in [0.29, 0.717) is 5.92 Å². The minimum atomic E-state index is -0.111. The lowest BCUT2D eigenvalue weighted by atomic mass is 9.81. The van der Waals surface area contributed by atoms with Gasteiger partial charge in [-0.25, -0.2) is 0 Å². The van der Waals surface area contributed by atoms with Crippen LogP contribution in [-0.4, -0.2) is 0 Å². The fourth-order valence-corrected chi connectivity index (χ4v) is 7.58. The van der Waals surface area contributed by atoms with Crippen LogP contribution in [0.2, 0.25) is 0 Å². The molecule has 5 aromatic carbocycles. The minimum Gasteiger partial charge on any atom is -0.324 e. The van der Waals surface area contributed by atoms with E-state index in [9.17, 15) is 0 Å². The quantitative estimate of drug-likeness (QED) is 0.170. The Morgan fingerprint density at radius 2 is 1.47 bits per heavy atom. The van der Waals surface area contributed by atoms with Crippen molar-refractivity contribution in [3.8, 4) is 22.3 Å². The molecule has 7 rings (SSSR count). The molecular weight excluding hydrogens is 617 g/mol. The fraction of sp³-hybridized carbons (Fsp3) is 0.184. The van der Waals surface area contributed by atoms with Gasteiger partial charge >= 0.3 is 0 Å². The molecule has 2 atom stereocenters. The third-order valence-electron chi connectivity index (χ3n) is 10.6. The Labute approximate surface area is 304 Å². The molecule has 5 aromatic rings. The Kier molecular flexibility index (Phi) is 10.1. The average Bonchev–Trinajstić information content (AvgIpc) is 3.17. The van der Waals surface area contributed by atoms with Gasteiger partial charge in [-0.3, -0.25) is 0 Å². The molecule has 2 N–H and O–H groups in total. The SMILES string of the molecule is C=C1/C=C\C=C/N(c2cccc(-c3ccccc3)c2)C2=C1C=C(c1ccc(C)c(-c3c(C(C)CC)cccc3C(N)Cc3ccccc3)c1)CC2. The molecule has 1 aliphatic carbocycles. The molecule has 0 spiro atoms. The van der Waals surface area contributed by atoms with E-state index in [-0.39, 0.29) is 6.04 Å². The minimum absolute atomic E-state index is 0.111. The largest absolute Gasteiger partial charge is 0.324 e. The van der Waals surface area contributed by atoms with Gasteiger partial charge in [0.25, 0.3) is 0 Å². The van der Waals surface area contributed by atoms with Crippen molar-refractivity contribution in [1.82, 2.24) is 0 Å². The summed E-state index contributed by atoms with van der Waals surface area (Å²) >= 11 is 0. The predicted octanol–water partition coefficient (Wildman–Crippen LogP) is 12.7. The molecule has 254 valence electrons. The van der Waals surface area contributed by atoms with Gasteiger partial charge in [-0.2, -0.15) is 0 Å². The van der Waals surface area contributed by atoms with E-state index in [1.165, 1.54) is 66.9 Å². The second-order valence-electron chi connectivity index (χ2n) is 14.0. The van der Waals surface area contributed by atoms with E-state index in [2.05, 4.69) is 184 Å². The van der Waals surface area contributed by atoms with Crippen molar-refractivity contribution >= 4 is 11.3 Å². The summed E-state index contributed by atoms with van der Waals surface area (Å²) in [6.45, 7) is 11.4. The van der Waals surface area contributed by atoms with Crippen LogP contribution in [0.15, 0.2) is 175 Å². The molecule has 0 amide bonds. The maximum Gasteiger partial charge on any atom is 0.0458 e. The van der Waals surface area contributed by atoms with Crippen LogP contribution >= 0.6 is 0 Å². The summed E-state index contributed by atoms with van der Waals surface area (Å²) < 4.78 is 0. The summed E-state index contributed by atoms with van der Waals surface area (Å²) in [5.41, 5.74) is 24.5. The molecule has 51 heavy (non-hydrogen) atoms. The monoisotopic (exact) mass is 664 g/mol. The lowest BCUT2D eigenvalue weighted by Gasteiger charge is -2.31. The van der Waals surface area contributed by atoms with Crippen molar-refractivity contribution in [2.45, 2.75) is 58.4 Å². The molecule has 2 aliphatic rings. The van der Waals surface area contributed by atoms with E-state index in [1.54, 1.807) is 0 Å². The van der Waals surface area contributed by atoms with Crippen LogP contribution in [0.5, 0.6) is 0 Å². The predicted molar refractivity (Wildman–Crippen MR) is 218 cm³/mol. The summed E-state index contributed by atoms with van der Waals surface area (Å²) in [5, 5.41) is 0. The molecule has 1 aliphatic heterocycles. The van der Waals surface area contributed by atoms with Crippen LogP contribution in [0.4, 0.5) is 5.69 Å². The zero-order valence-corrected chi connectivity index (χ0v) is 30.1. The molecule has 2 heteroatoms. The highest BCUT2D eigenvalue weighted by Crippen LogP contribution is 2.42. The number of hydrogen-bond donors (Lipinski definition) is 1. The van der Waals surface area contributed by atoms with Gasteiger partial charge in [0.1, 0.15) is 0 Å². The maximum atomic E-state index is 7.08. The van der Waals surface area contributed by atoms with Crippen molar-refractivity contribution in [2.75, 3.05) is 4.90 Å². The highest BCUT2D eigenvalue weighted by Gasteiger charge is 2.24. The molecule has 1 heterocycles. The van der Waals surface area contributed by atoms with E-state index in [0.717, 1.165) is 36.9 Å². The van der Waals surface area contributed by atoms with Gasteiger partial charge in [0.2, 0.25) is 0 Å². The Bertz CT molecular complexity index is 2160. The van der Waals surface area contributed by atoms with Gasteiger partial charge in [-0.15, -0.1) is 0 Å². The average molecular weight is 665 g/mol. The summed E-state index contributed by atoms with van der Waals surface area (Å²) in [6, 6.07) is 43.7. The van der Waals surface area contributed by atoms with Crippen LogP contribution in [0, 0.1) is 6.92 Å². The fourth-order valence-electron chi connectivity index (χ4n) is 7.58. The topological polar surface area (TPSA) is 29.3 Å². The number of hydrogen-bond acceptors (Lipinski definition) is 2. The number of allylic oxidation sites excluding steroid dienone is 8. The van der Waals surface area contributed by atoms with Crippen molar-refractivity contribution < 1.29 is 0 Å². The molecular formula is C49H48N2. The van der Waals surface area contributed by atoms with Crippen LogP contribution in [0.1, 0.15) is 72.9 Å². The third kappa shape index (κ3) is 7.24. The molecule has 0 saturated heterocycles. The summed E-state index contributed by atoms with van der Waals surface area (Å²) in [6.07, 6.45) is 14.6. The number of nitrogens with two attached hydrogens (primary N) is 1. The van der Waals surface area contributed by atoms with Gasteiger partial charge in [0.15, 0.2) is 0 Å². The Hall–Kier alpha value is -5.44. The van der Waals surface area contributed by atoms with Gasteiger partial charge in [0, 0.05) is 29.2 Å². The molecule has 2 unspecified atom stereocenters. The number of rotatable bonds is 9. The number of nitrogens with zero attached hydrogens (tertiary/aromatic N) is 1. The second kappa shape index (κ2) is 15.2. The van der Waals surface area contributed by atoms with Crippen LogP contribution in [0.25, 0.3) is 27.8 Å². The van der Waals surface area contributed by atoms with E-state index < -0.39 is 0 Å². The van der Waals surface area contributed by atoms with Crippen LogP contribution < -0.4 is 10.6 Å². The standard InChI is InChI=1S/C49H48N2/c1-5-34(2)43-23-15-24-44(47(50)30-37-17-8-6-9-18-37)49(43)46-33-40(26-25-36(46)4)41-27-28-48-45(32-41)35(3)16-12-13-29-51(48)42-22-14-21-39(31-42)38-19-10-7-11-20-38/h6-26,29,31-34,47H,3,5,27-28,30,50H2,1-2,4H3/b16-12-,29-13-. The smallest absolute Gasteiger partial charge is 0.0458 e. The Balaban J connectivity index is 1.30. The highest BCUT2D eigenvalue weighted by atomic mass is 15.1. The van der Waals surface area contributed by atoms with Gasteiger partial charge in [-0.1, -0.05) is 136 Å². The van der Waals surface area contributed by atoms with E-state index in [1.807, 2.05) is 0 Å². The van der Waals surface area contributed by atoms with Gasteiger partial charge in [-0.05, 0) is 130 Å². The van der Waals surface area contributed by atoms with Crippen molar-refractivity contribution in [3.63, 3.8) is 0 Å². The third-order valence-corrected chi connectivity index (χ3v) is 10.6. The molecule has 0 aromatic heterocycles. The first kappa shape index (κ1) is 34.0. The van der Waals surface area contributed by atoms with Gasteiger partial charge in [0.05, 0.1) is 0 Å². The van der Waals surface area contributed by atoms with Crippen LogP contribution in [-0.2, 0) is 6.42 Å². The molecule has 0 bridgehead atoms. The number of anilines is 1. The van der Waals surface area contributed by atoms with Crippen LogP contribution in [0.3, 0.4) is 0 Å². The summed E-state index contributed by atoms with van der Waals surface area (Å²) in [4.78, 5) is 2.35. The molecule has 2 nitrogen and oxygen atoms in total. The lowest BCUT2D eigenvalue weighted by molar-refractivity contribution is 0.707. The van der Waals surface area contributed by atoms with Crippen molar-refractivity contribution in [1.29, 1.82) is 0 Å². The summed E-state index contributed by atoms with van der Waals surface area (Å²) in [7, 11) is 0. The normalized spacial score (nSPS) is 16.8. The first-order valence-corrected chi connectivity index (χ1v) is 18.4. The lowest BCUT2D eigenvalue weighted by Crippen LogP contribution is -2.20. The highest BCUT2D eigenvalue weighted by molar-refractivity contribution is 5.82. The second-order valence-corrected chi connectivity index (χ2v) is 14.0. The van der Waals surface area contributed by atoms with Gasteiger partial charge < -0.3 is 10.6 Å². The molecule has 0 fully saturated rings. The van der Waals surface area contributed by atoms with Crippen molar-refractivity contribution in [2.24, 2.45) is 5.73 Å². The van der Waals surface area contributed by atoms with E-state index >= 15 is 0 Å².